The molecule has 3 aromatic rings. The molecule has 3 rings (SSSR count). The Bertz CT molecular complexity index is 1080. The molecule has 0 radical (unpaired) electrons. The Balaban J connectivity index is 1.79. The summed E-state index contributed by atoms with van der Waals surface area (Å²) in [7, 11) is 3.26. The van der Waals surface area contributed by atoms with Crippen LogP contribution in [0.5, 0.6) is 11.5 Å². The standard InChI is InChI=1S/C30H36N2O4/c1-4-8-29(33)32(22-25-13-17-27(36-3)18-14-25)28(21-24-9-6-5-7-10-24)30(34)31-20-19-23-11-15-26(35-2)16-12-23/h5-7,9-18,28H,4,8,19-22H2,1-3H3,(H,31,34). The topological polar surface area (TPSA) is 67.9 Å². The van der Waals surface area contributed by atoms with Gasteiger partial charge in [0.05, 0.1) is 14.2 Å². The molecule has 0 saturated heterocycles. The van der Waals surface area contributed by atoms with Gasteiger partial charge in [-0.05, 0) is 53.8 Å². The summed E-state index contributed by atoms with van der Waals surface area (Å²) in [6, 6.07) is 24.7. The zero-order chi connectivity index (χ0) is 25.8. The van der Waals surface area contributed by atoms with E-state index in [4.69, 9.17) is 9.47 Å². The molecule has 0 bridgehead atoms. The number of hydrogen-bond donors (Lipinski definition) is 1. The lowest BCUT2D eigenvalue weighted by Gasteiger charge is -2.31. The van der Waals surface area contributed by atoms with Gasteiger partial charge in [0.15, 0.2) is 0 Å². The summed E-state index contributed by atoms with van der Waals surface area (Å²) in [5.74, 6) is 1.38. The van der Waals surface area contributed by atoms with Crippen LogP contribution in [0.25, 0.3) is 0 Å². The van der Waals surface area contributed by atoms with Crippen molar-refractivity contribution in [2.24, 2.45) is 0 Å². The van der Waals surface area contributed by atoms with Gasteiger partial charge >= 0.3 is 0 Å². The molecule has 0 saturated carbocycles. The molecule has 36 heavy (non-hydrogen) atoms. The number of nitrogens with zero attached hydrogens (tertiary/aromatic N) is 1. The second-order valence-electron chi connectivity index (χ2n) is 8.71. The van der Waals surface area contributed by atoms with Gasteiger partial charge < -0.3 is 19.7 Å². The van der Waals surface area contributed by atoms with Gasteiger partial charge in [0.25, 0.3) is 0 Å². The molecule has 1 unspecified atom stereocenters. The first-order valence-corrected chi connectivity index (χ1v) is 12.4. The Kier molecular flexibility index (Phi) is 10.4. The molecule has 0 fully saturated rings. The number of carbonyl (C=O) groups excluding carboxylic acids is 2. The summed E-state index contributed by atoms with van der Waals surface area (Å²) in [6.07, 6.45) is 2.24. The highest BCUT2D eigenvalue weighted by Crippen LogP contribution is 2.19. The summed E-state index contributed by atoms with van der Waals surface area (Å²) in [4.78, 5) is 28.5. The van der Waals surface area contributed by atoms with Crippen molar-refractivity contribution < 1.29 is 19.1 Å². The van der Waals surface area contributed by atoms with E-state index in [1.165, 1.54) is 0 Å². The quantitative estimate of drug-likeness (QED) is 0.375. The molecule has 2 amide bonds. The first-order valence-electron chi connectivity index (χ1n) is 12.4. The molecule has 6 nitrogen and oxygen atoms in total. The normalized spacial score (nSPS) is 11.4. The first-order chi connectivity index (χ1) is 17.5. The molecule has 0 spiro atoms. The van der Waals surface area contributed by atoms with E-state index >= 15 is 0 Å². The highest BCUT2D eigenvalue weighted by Gasteiger charge is 2.29. The van der Waals surface area contributed by atoms with Crippen molar-refractivity contribution in [2.75, 3.05) is 20.8 Å². The van der Waals surface area contributed by atoms with Crippen LogP contribution in [0, 0.1) is 0 Å². The van der Waals surface area contributed by atoms with E-state index in [0.717, 1.165) is 34.6 Å². The van der Waals surface area contributed by atoms with Crippen LogP contribution in [0.2, 0.25) is 0 Å². The minimum Gasteiger partial charge on any atom is -0.497 e. The number of methoxy groups -OCH3 is 2. The van der Waals surface area contributed by atoms with Crippen LogP contribution in [0.3, 0.4) is 0 Å². The van der Waals surface area contributed by atoms with Crippen LogP contribution in [-0.4, -0.2) is 43.5 Å². The van der Waals surface area contributed by atoms with Gasteiger partial charge in [-0.2, -0.15) is 0 Å². The molecule has 1 N–H and O–H groups in total. The molecule has 3 aromatic carbocycles. The third-order valence-electron chi connectivity index (χ3n) is 6.12. The number of nitrogens with one attached hydrogen (secondary N) is 1. The van der Waals surface area contributed by atoms with E-state index < -0.39 is 6.04 Å². The van der Waals surface area contributed by atoms with Gasteiger partial charge in [0, 0.05) is 25.9 Å². The minimum atomic E-state index is -0.621. The largest absolute Gasteiger partial charge is 0.497 e. The van der Waals surface area contributed by atoms with E-state index in [0.29, 0.717) is 32.4 Å². The molecule has 1 atom stereocenters. The van der Waals surface area contributed by atoms with Gasteiger partial charge in [-0.25, -0.2) is 0 Å². The number of amides is 2. The number of benzene rings is 3. The number of carbonyl (C=O) groups is 2. The average Bonchev–Trinajstić information content (AvgIpc) is 2.92. The Morgan fingerprint density at radius 1 is 0.806 bits per heavy atom. The molecule has 0 aromatic heterocycles. The molecular formula is C30H36N2O4. The Labute approximate surface area is 214 Å². The SMILES string of the molecule is CCCC(=O)N(Cc1ccc(OC)cc1)C(Cc1ccccc1)C(=O)NCCc1ccc(OC)cc1. The van der Waals surface area contributed by atoms with Crippen LogP contribution < -0.4 is 14.8 Å². The monoisotopic (exact) mass is 488 g/mol. The Morgan fingerprint density at radius 3 is 1.94 bits per heavy atom. The van der Waals surface area contributed by atoms with E-state index in [1.54, 1.807) is 19.1 Å². The molecular weight excluding hydrogens is 452 g/mol. The van der Waals surface area contributed by atoms with Crippen molar-refractivity contribution in [3.63, 3.8) is 0 Å². The second kappa shape index (κ2) is 13.9. The summed E-state index contributed by atoms with van der Waals surface area (Å²) < 4.78 is 10.5. The predicted octanol–water partition coefficient (Wildman–Crippen LogP) is 4.80. The smallest absolute Gasteiger partial charge is 0.243 e. The maximum atomic E-state index is 13.5. The first kappa shape index (κ1) is 26.8. The lowest BCUT2D eigenvalue weighted by atomic mass is 10.0. The number of rotatable bonds is 13. The second-order valence-corrected chi connectivity index (χ2v) is 8.71. The van der Waals surface area contributed by atoms with E-state index in [2.05, 4.69) is 5.32 Å². The van der Waals surface area contributed by atoms with Gasteiger partial charge in [0.2, 0.25) is 11.8 Å². The van der Waals surface area contributed by atoms with Crippen LogP contribution in [0.15, 0.2) is 78.9 Å². The molecule has 0 aliphatic carbocycles. The number of hydrogen-bond acceptors (Lipinski definition) is 4. The highest BCUT2D eigenvalue weighted by atomic mass is 16.5. The third kappa shape index (κ3) is 7.87. The lowest BCUT2D eigenvalue weighted by Crippen LogP contribution is -2.50. The average molecular weight is 489 g/mol. The van der Waals surface area contributed by atoms with Crippen molar-refractivity contribution in [1.29, 1.82) is 0 Å². The van der Waals surface area contributed by atoms with Crippen LogP contribution in [0.1, 0.15) is 36.5 Å². The molecule has 6 heteroatoms. The van der Waals surface area contributed by atoms with E-state index in [-0.39, 0.29) is 11.8 Å². The minimum absolute atomic E-state index is 0.0282. The van der Waals surface area contributed by atoms with E-state index in [9.17, 15) is 9.59 Å². The third-order valence-corrected chi connectivity index (χ3v) is 6.12. The van der Waals surface area contributed by atoms with Crippen LogP contribution >= 0.6 is 0 Å². The summed E-state index contributed by atoms with van der Waals surface area (Å²) in [6.45, 7) is 2.81. The van der Waals surface area contributed by atoms with Crippen LogP contribution in [-0.2, 0) is 29.0 Å². The van der Waals surface area contributed by atoms with Gasteiger partial charge in [0.1, 0.15) is 17.5 Å². The van der Waals surface area contributed by atoms with Crippen molar-refractivity contribution in [2.45, 2.75) is 45.2 Å². The van der Waals surface area contributed by atoms with Crippen molar-refractivity contribution >= 4 is 11.8 Å². The summed E-state index contributed by atoms with van der Waals surface area (Å²) in [5, 5.41) is 3.08. The van der Waals surface area contributed by atoms with Crippen molar-refractivity contribution in [3.05, 3.63) is 95.6 Å². The fraction of sp³-hybridized carbons (Fsp3) is 0.333. The van der Waals surface area contributed by atoms with Gasteiger partial charge in [-0.1, -0.05) is 61.5 Å². The molecule has 0 heterocycles. The van der Waals surface area contributed by atoms with Crippen LogP contribution in [0.4, 0.5) is 0 Å². The predicted molar refractivity (Wildman–Crippen MR) is 142 cm³/mol. The zero-order valence-corrected chi connectivity index (χ0v) is 21.4. The highest BCUT2D eigenvalue weighted by molar-refractivity contribution is 5.88. The van der Waals surface area contributed by atoms with Crippen molar-refractivity contribution in [1.82, 2.24) is 10.2 Å². The Hall–Kier alpha value is -3.80. The Morgan fingerprint density at radius 2 is 1.39 bits per heavy atom. The fourth-order valence-electron chi connectivity index (χ4n) is 4.08. The van der Waals surface area contributed by atoms with Gasteiger partial charge in [-0.15, -0.1) is 0 Å². The number of ether oxygens (including phenoxy) is 2. The molecule has 190 valence electrons. The summed E-state index contributed by atoms with van der Waals surface area (Å²) >= 11 is 0. The fourth-order valence-corrected chi connectivity index (χ4v) is 4.08. The van der Waals surface area contributed by atoms with E-state index in [1.807, 2.05) is 85.8 Å². The maximum Gasteiger partial charge on any atom is 0.243 e. The lowest BCUT2D eigenvalue weighted by molar-refractivity contribution is -0.141. The molecule has 0 aliphatic heterocycles. The van der Waals surface area contributed by atoms with Gasteiger partial charge in [-0.3, -0.25) is 9.59 Å². The summed E-state index contributed by atoms with van der Waals surface area (Å²) in [5.41, 5.74) is 3.06. The zero-order valence-electron chi connectivity index (χ0n) is 21.4. The molecule has 0 aliphatic rings. The maximum absolute atomic E-state index is 13.5. The van der Waals surface area contributed by atoms with Crippen molar-refractivity contribution in [3.8, 4) is 11.5 Å².